The Kier molecular flexibility index (Phi) is 4.67. The van der Waals surface area contributed by atoms with E-state index in [1.54, 1.807) is 5.51 Å². The summed E-state index contributed by atoms with van der Waals surface area (Å²) < 4.78 is 0.867. The normalized spacial score (nSPS) is 14.3. The molecule has 0 radical (unpaired) electrons. The van der Waals surface area contributed by atoms with Gasteiger partial charge in [-0.1, -0.05) is 19.9 Å². The topological polar surface area (TPSA) is 68.1 Å². The smallest absolute Gasteiger partial charge is 0.299 e. The second-order valence-corrected chi connectivity index (χ2v) is 5.71. The van der Waals surface area contributed by atoms with Crippen molar-refractivity contribution >= 4 is 27.2 Å². The molecular formula is C14H19N3O2S. The Morgan fingerprint density at radius 2 is 2.20 bits per heavy atom. The lowest BCUT2D eigenvalue weighted by molar-refractivity contribution is -0.384. The molecular weight excluding hydrogens is 274 g/mol. The van der Waals surface area contributed by atoms with Gasteiger partial charge in [-0.3, -0.25) is 10.1 Å². The number of rotatable bonds is 6. The average molecular weight is 293 g/mol. The third kappa shape index (κ3) is 2.66. The molecule has 0 spiro atoms. The largest absolute Gasteiger partial charge is 0.314 e. The molecule has 5 nitrogen and oxygen atoms in total. The van der Waals surface area contributed by atoms with Crippen LogP contribution in [0.15, 0.2) is 17.6 Å². The van der Waals surface area contributed by atoms with Crippen molar-refractivity contribution in [2.75, 3.05) is 6.54 Å². The minimum absolute atomic E-state index is 0.112. The van der Waals surface area contributed by atoms with Crippen LogP contribution in [0.25, 0.3) is 10.2 Å². The number of likely N-dealkylation sites (N-methyl/N-ethyl adjacent to an activating group) is 1. The third-order valence-electron chi connectivity index (χ3n) is 3.66. The summed E-state index contributed by atoms with van der Waals surface area (Å²) in [5, 5.41) is 14.8. The summed E-state index contributed by atoms with van der Waals surface area (Å²) in [4.78, 5) is 15.4. The van der Waals surface area contributed by atoms with Crippen LogP contribution in [0.3, 0.4) is 0 Å². The van der Waals surface area contributed by atoms with Crippen molar-refractivity contribution in [2.24, 2.45) is 0 Å². The molecule has 0 saturated heterocycles. The SMILES string of the molecule is CCNC(C)C(CC)c1ccc2scnc2c1[N+](=O)[O-]. The lowest BCUT2D eigenvalue weighted by atomic mass is 9.88. The van der Waals surface area contributed by atoms with E-state index in [1.165, 1.54) is 11.3 Å². The number of nitrogens with zero attached hydrogens (tertiary/aromatic N) is 2. The highest BCUT2D eigenvalue weighted by atomic mass is 32.1. The first-order valence-corrected chi connectivity index (χ1v) is 7.71. The monoisotopic (exact) mass is 293 g/mol. The van der Waals surface area contributed by atoms with Crippen LogP contribution in [-0.4, -0.2) is 22.5 Å². The van der Waals surface area contributed by atoms with Gasteiger partial charge in [0, 0.05) is 17.5 Å². The van der Waals surface area contributed by atoms with Crippen molar-refractivity contribution in [2.45, 2.75) is 39.2 Å². The second-order valence-electron chi connectivity index (χ2n) is 4.82. The highest BCUT2D eigenvalue weighted by Crippen LogP contribution is 2.37. The fraction of sp³-hybridized carbons (Fsp3) is 0.500. The molecule has 1 aromatic heterocycles. The van der Waals surface area contributed by atoms with E-state index in [0.717, 1.165) is 23.2 Å². The zero-order valence-electron chi connectivity index (χ0n) is 11.9. The van der Waals surface area contributed by atoms with Crippen LogP contribution in [0.4, 0.5) is 5.69 Å². The number of nitrogens with one attached hydrogen (secondary N) is 1. The Morgan fingerprint density at radius 1 is 1.45 bits per heavy atom. The minimum Gasteiger partial charge on any atom is -0.314 e. The number of thiazole rings is 1. The summed E-state index contributed by atoms with van der Waals surface area (Å²) in [6.07, 6.45) is 0.852. The predicted octanol–water partition coefficient (Wildman–Crippen LogP) is 3.70. The Bertz CT molecular complexity index is 611. The lowest BCUT2D eigenvalue weighted by Gasteiger charge is -2.23. The zero-order valence-corrected chi connectivity index (χ0v) is 12.7. The average Bonchev–Trinajstić information content (AvgIpc) is 2.87. The summed E-state index contributed by atoms with van der Waals surface area (Å²) in [5.41, 5.74) is 3.13. The van der Waals surface area contributed by atoms with Gasteiger partial charge < -0.3 is 5.32 Å². The van der Waals surface area contributed by atoms with Crippen molar-refractivity contribution in [3.8, 4) is 0 Å². The predicted molar refractivity (Wildman–Crippen MR) is 82.4 cm³/mol. The van der Waals surface area contributed by atoms with Crippen LogP contribution in [0.1, 0.15) is 38.7 Å². The summed E-state index contributed by atoms with van der Waals surface area (Å²) >= 11 is 1.43. The standard InChI is InChI=1S/C14H19N3O2S/c1-4-10(9(3)15-5-2)11-6-7-12-13(16-8-20-12)14(11)17(18)19/h6-10,15H,4-5H2,1-3H3. The third-order valence-corrected chi connectivity index (χ3v) is 4.45. The Labute approximate surface area is 122 Å². The van der Waals surface area contributed by atoms with Crippen LogP contribution in [0, 0.1) is 10.1 Å². The van der Waals surface area contributed by atoms with E-state index >= 15 is 0 Å². The molecule has 0 bridgehead atoms. The van der Waals surface area contributed by atoms with E-state index in [1.807, 2.05) is 19.1 Å². The van der Waals surface area contributed by atoms with Gasteiger partial charge in [-0.05, 0) is 26.0 Å². The molecule has 1 N–H and O–H groups in total. The van der Waals surface area contributed by atoms with Crippen molar-refractivity contribution in [3.05, 3.63) is 33.3 Å². The molecule has 2 atom stereocenters. The zero-order chi connectivity index (χ0) is 14.7. The number of aromatic nitrogens is 1. The Hall–Kier alpha value is -1.53. The summed E-state index contributed by atoms with van der Waals surface area (Å²) in [5.74, 6) is 0.112. The lowest BCUT2D eigenvalue weighted by Crippen LogP contribution is -2.32. The van der Waals surface area contributed by atoms with Gasteiger partial charge in [0.2, 0.25) is 0 Å². The number of hydrogen-bond acceptors (Lipinski definition) is 5. The van der Waals surface area contributed by atoms with Crippen molar-refractivity contribution in [3.63, 3.8) is 0 Å². The fourth-order valence-corrected chi connectivity index (χ4v) is 3.41. The number of nitro benzene ring substituents is 1. The second kappa shape index (κ2) is 6.28. The fourth-order valence-electron chi connectivity index (χ4n) is 2.73. The van der Waals surface area contributed by atoms with Crippen LogP contribution >= 0.6 is 11.3 Å². The first-order valence-electron chi connectivity index (χ1n) is 6.84. The molecule has 2 unspecified atom stereocenters. The van der Waals surface area contributed by atoms with E-state index < -0.39 is 0 Å². The molecule has 20 heavy (non-hydrogen) atoms. The number of benzene rings is 1. The summed E-state index contributed by atoms with van der Waals surface area (Å²) in [6, 6.07) is 4.02. The molecule has 2 rings (SSSR count). The van der Waals surface area contributed by atoms with Crippen LogP contribution < -0.4 is 5.32 Å². The number of hydrogen-bond donors (Lipinski definition) is 1. The van der Waals surface area contributed by atoms with Crippen LogP contribution in [-0.2, 0) is 0 Å². The molecule has 0 aliphatic carbocycles. The van der Waals surface area contributed by atoms with Gasteiger partial charge in [0.25, 0.3) is 5.69 Å². The molecule has 0 aliphatic heterocycles. The van der Waals surface area contributed by atoms with E-state index in [-0.39, 0.29) is 22.6 Å². The highest BCUT2D eigenvalue weighted by molar-refractivity contribution is 7.16. The molecule has 0 amide bonds. The van der Waals surface area contributed by atoms with Gasteiger partial charge in [-0.15, -0.1) is 11.3 Å². The van der Waals surface area contributed by atoms with Gasteiger partial charge in [-0.2, -0.15) is 0 Å². The van der Waals surface area contributed by atoms with E-state index in [0.29, 0.717) is 5.52 Å². The quantitative estimate of drug-likeness (QED) is 0.651. The number of nitro groups is 1. The molecule has 108 valence electrons. The van der Waals surface area contributed by atoms with Gasteiger partial charge in [0.05, 0.1) is 15.1 Å². The van der Waals surface area contributed by atoms with E-state index in [9.17, 15) is 10.1 Å². The van der Waals surface area contributed by atoms with E-state index in [2.05, 4.69) is 24.1 Å². The molecule has 6 heteroatoms. The van der Waals surface area contributed by atoms with Gasteiger partial charge in [0.15, 0.2) is 5.52 Å². The van der Waals surface area contributed by atoms with Gasteiger partial charge in [-0.25, -0.2) is 4.98 Å². The number of fused-ring (bicyclic) bond motifs is 1. The molecule has 0 aliphatic rings. The maximum Gasteiger partial charge on any atom is 0.299 e. The van der Waals surface area contributed by atoms with Crippen molar-refractivity contribution in [1.29, 1.82) is 0 Å². The van der Waals surface area contributed by atoms with Crippen molar-refractivity contribution in [1.82, 2.24) is 10.3 Å². The first-order chi connectivity index (χ1) is 9.60. The van der Waals surface area contributed by atoms with Gasteiger partial charge >= 0.3 is 0 Å². The van der Waals surface area contributed by atoms with Crippen LogP contribution in [0.2, 0.25) is 0 Å². The van der Waals surface area contributed by atoms with E-state index in [4.69, 9.17) is 0 Å². The maximum absolute atomic E-state index is 11.5. The Balaban J connectivity index is 2.56. The summed E-state index contributed by atoms with van der Waals surface area (Å²) in [6.45, 7) is 7.03. The van der Waals surface area contributed by atoms with Crippen molar-refractivity contribution < 1.29 is 4.92 Å². The van der Waals surface area contributed by atoms with Gasteiger partial charge in [0.1, 0.15) is 0 Å². The molecule has 0 fully saturated rings. The first kappa shape index (κ1) is 14.9. The Morgan fingerprint density at radius 3 is 2.80 bits per heavy atom. The van der Waals surface area contributed by atoms with Crippen LogP contribution in [0.5, 0.6) is 0 Å². The summed E-state index contributed by atoms with van der Waals surface area (Å²) in [7, 11) is 0. The highest BCUT2D eigenvalue weighted by Gasteiger charge is 2.28. The molecule has 0 saturated carbocycles. The molecule has 2 aromatic rings. The molecule has 1 aromatic carbocycles. The minimum atomic E-state index is -0.293. The maximum atomic E-state index is 11.5. The molecule has 1 heterocycles.